The molecule has 1 aromatic carbocycles. The van der Waals surface area contributed by atoms with Crippen molar-refractivity contribution in [2.45, 2.75) is 19.4 Å². The molecule has 112 valence electrons. The molecular weight excluding hydrogens is 317 g/mol. The summed E-state index contributed by atoms with van der Waals surface area (Å²) in [7, 11) is 0. The van der Waals surface area contributed by atoms with Gasteiger partial charge in [0.1, 0.15) is 12.1 Å². The molecule has 8 heteroatoms. The normalized spacial score (nSPS) is 17.6. The fourth-order valence-electron chi connectivity index (χ4n) is 1.97. The Hall–Kier alpha value is -1.79. The number of imide groups is 1. The highest BCUT2D eigenvalue weighted by Gasteiger charge is 2.43. The number of nitrogens with two attached hydrogens (primary N) is 1. The smallest absolute Gasteiger partial charge is 0.255 e. The number of amides is 3. The summed E-state index contributed by atoms with van der Waals surface area (Å²) in [6.45, 7) is 2.87. The van der Waals surface area contributed by atoms with Crippen LogP contribution in [0.2, 0.25) is 10.0 Å². The Morgan fingerprint density at radius 2 is 1.81 bits per heavy atom. The van der Waals surface area contributed by atoms with Crippen LogP contribution in [-0.2, 0) is 9.59 Å². The first-order valence-corrected chi connectivity index (χ1v) is 6.81. The largest absolute Gasteiger partial charge is 0.396 e. The van der Waals surface area contributed by atoms with Crippen molar-refractivity contribution in [1.82, 2.24) is 10.2 Å². The van der Waals surface area contributed by atoms with Gasteiger partial charge in [0, 0.05) is 5.56 Å². The van der Waals surface area contributed by atoms with Gasteiger partial charge in [0.05, 0.1) is 15.7 Å². The van der Waals surface area contributed by atoms with E-state index in [0.717, 1.165) is 0 Å². The summed E-state index contributed by atoms with van der Waals surface area (Å²) >= 11 is 11.8. The maximum Gasteiger partial charge on any atom is 0.255 e. The summed E-state index contributed by atoms with van der Waals surface area (Å²) in [5.41, 5.74) is 4.79. The highest BCUT2D eigenvalue weighted by molar-refractivity contribution is 6.39. The second-order valence-corrected chi connectivity index (χ2v) is 6.00. The third kappa shape index (κ3) is 2.69. The molecule has 1 aliphatic heterocycles. The molecule has 0 saturated carbocycles. The summed E-state index contributed by atoms with van der Waals surface area (Å²) in [5.74, 6) is -1.60. The molecule has 0 aliphatic carbocycles. The Bertz CT molecular complexity index is 635. The molecule has 0 bridgehead atoms. The van der Waals surface area contributed by atoms with Crippen LogP contribution < -0.4 is 11.1 Å². The number of hydrogen-bond acceptors (Lipinski definition) is 4. The molecule has 1 aliphatic rings. The fraction of sp³-hybridized carbons (Fsp3) is 0.308. The van der Waals surface area contributed by atoms with Gasteiger partial charge in [-0.25, -0.2) is 0 Å². The standard InChI is InChI=1S/C13H13Cl2N3O3/c1-13(2)12(21)17-9(19)5-18(13)11(20)6-3-7(14)10(16)8(15)4-6/h3-4H,5,16H2,1-2H3,(H,17,19,21). The lowest BCUT2D eigenvalue weighted by Crippen LogP contribution is -2.65. The van der Waals surface area contributed by atoms with Crippen LogP contribution >= 0.6 is 23.2 Å². The number of piperazine rings is 1. The van der Waals surface area contributed by atoms with Gasteiger partial charge in [-0.15, -0.1) is 0 Å². The molecule has 3 N–H and O–H groups in total. The molecule has 0 aromatic heterocycles. The number of benzene rings is 1. The van der Waals surface area contributed by atoms with Crippen molar-refractivity contribution in [2.24, 2.45) is 0 Å². The minimum Gasteiger partial charge on any atom is -0.396 e. The number of carbonyl (C=O) groups is 3. The molecule has 21 heavy (non-hydrogen) atoms. The molecular formula is C13H13Cl2N3O3. The molecule has 1 heterocycles. The van der Waals surface area contributed by atoms with Crippen molar-refractivity contribution in [3.05, 3.63) is 27.7 Å². The molecule has 1 saturated heterocycles. The number of halogens is 2. The van der Waals surface area contributed by atoms with Crippen LogP contribution in [0, 0.1) is 0 Å². The number of nitrogens with one attached hydrogen (secondary N) is 1. The van der Waals surface area contributed by atoms with Gasteiger partial charge in [-0.05, 0) is 26.0 Å². The van der Waals surface area contributed by atoms with E-state index in [1.807, 2.05) is 0 Å². The van der Waals surface area contributed by atoms with Gasteiger partial charge in [0.2, 0.25) is 5.91 Å². The maximum atomic E-state index is 12.6. The number of anilines is 1. The van der Waals surface area contributed by atoms with Crippen LogP contribution in [0.25, 0.3) is 0 Å². The molecule has 6 nitrogen and oxygen atoms in total. The molecule has 0 radical (unpaired) electrons. The maximum absolute atomic E-state index is 12.6. The molecule has 3 amide bonds. The minimum atomic E-state index is -1.16. The average Bonchev–Trinajstić information content (AvgIpc) is 2.39. The van der Waals surface area contributed by atoms with E-state index in [4.69, 9.17) is 28.9 Å². The summed E-state index contributed by atoms with van der Waals surface area (Å²) in [6, 6.07) is 2.72. The van der Waals surface area contributed by atoms with Crippen LogP contribution in [0.4, 0.5) is 5.69 Å². The molecule has 1 aromatic rings. The van der Waals surface area contributed by atoms with Gasteiger partial charge >= 0.3 is 0 Å². The molecule has 2 rings (SSSR count). The first-order valence-electron chi connectivity index (χ1n) is 6.05. The highest BCUT2D eigenvalue weighted by Crippen LogP contribution is 2.30. The number of carbonyl (C=O) groups excluding carboxylic acids is 3. The Morgan fingerprint density at radius 3 is 2.33 bits per heavy atom. The van der Waals surface area contributed by atoms with E-state index in [1.165, 1.54) is 17.0 Å². The van der Waals surface area contributed by atoms with Gasteiger partial charge in [-0.1, -0.05) is 23.2 Å². The Labute approximate surface area is 131 Å². The zero-order valence-corrected chi connectivity index (χ0v) is 12.9. The lowest BCUT2D eigenvalue weighted by atomic mass is 9.97. The highest BCUT2D eigenvalue weighted by atomic mass is 35.5. The third-order valence-electron chi connectivity index (χ3n) is 3.36. The lowest BCUT2D eigenvalue weighted by molar-refractivity contribution is -0.143. The number of hydrogen-bond donors (Lipinski definition) is 2. The Kier molecular flexibility index (Phi) is 3.86. The molecule has 0 spiro atoms. The van der Waals surface area contributed by atoms with Gasteiger partial charge < -0.3 is 10.6 Å². The van der Waals surface area contributed by atoms with E-state index < -0.39 is 23.3 Å². The summed E-state index contributed by atoms with van der Waals surface area (Å²) in [6.07, 6.45) is 0. The van der Waals surface area contributed by atoms with Crippen LogP contribution in [0.15, 0.2) is 12.1 Å². The number of rotatable bonds is 1. The van der Waals surface area contributed by atoms with E-state index in [1.54, 1.807) is 13.8 Å². The number of nitrogens with zero attached hydrogens (tertiary/aromatic N) is 1. The van der Waals surface area contributed by atoms with E-state index in [-0.39, 0.29) is 27.8 Å². The van der Waals surface area contributed by atoms with Crippen LogP contribution in [0.3, 0.4) is 0 Å². The van der Waals surface area contributed by atoms with E-state index >= 15 is 0 Å². The fourth-order valence-corrected chi connectivity index (χ4v) is 2.46. The Morgan fingerprint density at radius 1 is 1.29 bits per heavy atom. The summed E-state index contributed by atoms with van der Waals surface area (Å²) in [5, 5.41) is 2.47. The van der Waals surface area contributed by atoms with Crippen molar-refractivity contribution >= 4 is 46.6 Å². The second kappa shape index (κ2) is 5.20. The van der Waals surface area contributed by atoms with Crippen molar-refractivity contribution in [1.29, 1.82) is 0 Å². The average molecular weight is 330 g/mol. The lowest BCUT2D eigenvalue weighted by Gasteiger charge is -2.40. The van der Waals surface area contributed by atoms with Gasteiger partial charge in [0.15, 0.2) is 0 Å². The van der Waals surface area contributed by atoms with Crippen molar-refractivity contribution in [3.63, 3.8) is 0 Å². The van der Waals surface area contributed by atoms with Gasteiger partial charge in [-0.2, -0.15) is 0 Å². The van der Waals surface area contributed by atoms with E-state index in [0.29, 0.717) is 0 Å². The van der Waals surface area contributed by atoms with Crippen molar-refractivity contribution in [3.8, 4) is 0 Å². The second-order valence-electron chi connectivity index (χ2n) is 5.18. The monoisotopic (exact) mass is 329 g/mol. The van der Waals surface area contributed by atoms with Crippen LogP contribution in [0.1, 0.15) is 24.2 Å². The van der Waals surface area contributed by atoms with Gasteiger partial charge in [-0.3, -0.25) is 19.7 Å². The molecule has 0 unspecified atom stereocenters. The zero-order chi connectivity index (χ0) is 15.9. The van der Waals surface area contributed by atoms with E-state index in [9.17, 15) is 14.4 Å². The third-order valence-corrected chi connectivity index (χ3v) is 3.98. The van der Waals surface area contributed by atoms with Crippen molar-refractivity contribution < 1.29 is 14.4 Å². The summed E-state index contributed by atoms with van der Waals surface area (Å²) in [4.78, 5) is 37.1. The van der Waals surface area contributed by atoms with Crippen LogP contribution in [0.5, 0.6) is 0 Å². The zero-order valence-electron chi connectivity index (χ0n) is 11.4. The van der Waals surface area contributed by atoms with Crippen LogP contribution in [-0.4, -0.2) is 34.7 Å². The van der Waals surface area contributed by atoms with Gasteiger partial charge in [0.25, 0.3) is 11.8 Å². The topological polar surface area (TPSA) is 92.5 Å². The quantitative estimate of drug-likeness (QED) is 0.602. The molecule has 0 atom stereocenters. The predicted molar refractivity (Wildman–Crippen MR) is 79.1 cm³/mol. The Balaban J connectivity index is 2.43. The minimum absolute atomic E-state index is 0.136. The van der Waals surface area contributed by atoms with Crippen molar-refractivity contribution in [2.75, 3.05) is 12.3 Å². The number of nitrogen functional groups attached to an aromatic ring is 1. The SMILES string of the molecule is CC1(C)C(=O)NC(=O)CN1C(=O)c1cc(Cl)c(N)c(Cl)c1. The summed E-state index contributed by atoms with van der Waals surface area (Å²) < 4.78 is 0. The molecule has 1 fully saturated rings. The van der Waals surface area contributed by atoms with E-state index in [2.05, 4.69) is 5.32 Å². The first-order chi connectivity index (χ1) is 9.64. The predicted octanol–water partition coefficient (Wildman–Crippen LogP) is 1.45. The first kappa shape index (κ1) is 15.6.